The number of carbonyl (C=O) groups is 1. The van der Waals surface area contributed by atoms with Crippen LogP contribution in [0.1, 0.15) is 15.9 Å². The number of rotatable bonds is 4. The van der Waals surface area contributed by atoms with E-state index in [0.717, 1.165) is 52.5 Å². The Bertz CT molecular complexity index is 1210. The van der Waals surface area contributed by atoms with Crippen LogP contribution >= 0.6 is 0 Å². The molecule has 0 bridgehead atoms. The second-order valence-electron chi connectivity index (χ2n) is 7.05. The molecule has 1 aliphatic rings. The molecule has 29 heavy (non-hydrogen) atoms. The maximum atomic E-state index is 12.7. The zero-order valence-electron chi connectivity index (χ0n) is 16.0. The molecule has 4 aromatic rings. The number of hydrogen-bond acceptors (Lipinski definition) is 4. The van der Waals surface area contributed by atoms with Gasteiger partial charge in [-0.25, -0.2) is 4.98 Å². The number of imidazole rings is 1. The highest BCUT2D eigenvalue weighted by Crippen LogP contribution is 2.26. The number of benzene rings is 3. The van der Waals surface area contributed by atoms with E-state index in [-0.39, 0.29) is 5.91 Å². The van der Waals surface area contributed by atoms with Gasteiger partial charge >= 0.3 is 0 Å². The number of fused-ring (bicyclic) bond motifs is 2. The summed E-state index contributed by atoms with van der Waals surface area (Å²) in [6, 6.07) is 19.2. The fourth-order valence-corrected chi connectivity index (χ4v) is 3.62. The Morgan fingerprint density at radius 2 is 1.93 bits per heavy atom. The Morgan fingerprint density at radius 3 is 2.76 bits per heavy atom. The highest BCUT2D eigenvalue weighted by molar-refractivity contribution is 6.05. The van der Waals surface area contributed by atoms with Crippen LogP contribution in [-0.2, 0) is 6.42 Å². The van der Waals surface area contributed by atoms with Crippen molar-refractivity contribution in [2.24, 2.45) is 0 Å². The van der Waals surface area contributed by atoms with Crippen molar-refractivity contribution in [2.45, 2.75) is 6.42 Å². The Labute approximate surface area is 167 Å². The van der Waals surface area contributed by atoms with Gasteiger partial charge in [-0.1, -0.05) is 0 Å². The zero-order valence-corrected chi connectivity index (χ0v) is 16.0. The Balaban J connectivity index is 1.38. The number of amides is 1. The lowest BCUT2D eigenvalue weighted by molar-refractivity contribution is 0.102. The first kappa shape index (κ1) is 17.3. The van der Waals surface area contributed by atoms with Crippen LogP contribution < -0.4 is 15.4 Å². The number of H-pyrrole nitrogens is 1. The maximum absolute atomic E-state index is 12.7. The normalized spacial score (nSPS) is 12.4. The van der Waals surface area contributed by atoms with Crippen LogP contribution in [0.2, 0.25) is 0 Å². The predicted molar refractivity (Wildman–Crippen MR) is 115 cm³/mol. The number of aromatic amines is 1. The van der Waals surface area contributed by atoms with Crippen LogP contribution in [0.3, 0.4) is 0 Å². The van der Waals surface area contributed by atoms with Crippen LogP contribution in [0.5, 0.6) is 5.75 Å². The van der Waals surface area contributed by atoms with E-state index in [4.69, 9.17) is 4.74 Å². The first-order chi connectivity index (χ1) is 14.2. The molecular weight excluding hydrogens is 364 g/mol. The summed E-state index contributed by atoms with van der Waals surface area (Å²) in [5.74, 6) is 1.46. The summed E-state index contributed by atoms with van der Waals surface area (Å²) >= 11 is 0. The topological polar surface area (TPSA) is 79.0 Å². The van der Waals surface area contributed by atoms with Crippen LogP contribution in [0.15, 0.2) is 60.7 Å². The van der Waals surface area contributed by atoms with Crippen molar-refractivity contribution in [3.05, 3.63) is 71.8 Å². The van der Waals surface area contributed by atoms with Crippen LogP contribution in [0, 0.1) is 0 Å². The number of nitrogens with zero attached hydrogens (tertiary/aromatic N) is 1. The van der Waals surface area contributed by atoms with Crippen LogP contribution in [0.4, 0.5) is 11.4 Å². The molecular formula is C23H20N4O2. The van der Waals surface area contributed by atoms with E-state index in [2.05, 4.69) is 20.6 Å². The van der Waals surface area contributed by atoms with Crippen molar-refractivity contribution in [1.82, 2.24) is 9.97 Å². The third-order valence-electron chi connectivity index (χ3n) is 5.18. The molecule has 0 aliphatic carbocycles. The van der Waals surface area contributed by atoms with E-state index in [1.807, 2.05) is 60.7 Å². The maximum Gasteiger partial charge on any atom is 0.255 e. The third kappa shape index (κ3) is 3.29. The summed E-state index contributed by atoms with van der Waals surface area (Å²) in [4.78, 5) is 20.6. The quantitative estimate of drug-likeness (QED) is 0.485. The molecule has 1 aromatic heterocycles. The fourth-order valence-electron chi connectivity index (χ4n) is 3.62. The van der Waals surface area contributed by atoms with Gasteiger partial charge in [0.05, 0.1) is 18.1 Å². The first-order valence-corrected chi connectivity index (χ1v) is 9.52. The minimum Gasteiger partial charge on any atom is -0.497 e. The molecule has 3 N–H and O–H groups in total. The van der Waals surface area contributed by atoms with Crippen molar-refractivity contribution in [3.63, 3.8) is 0 Å². The monoisotopic (exact) mass is 384 g/mol. The van der Waals surface area contributed by atoms with Crippen molar-refractivity contribution < 1.29 is 9.53 Å². The average molecular weight is 384 g/mol. The van der Waals surface area contributed by atoms with Gasteiger partial charge in [-0.05, 0) is 72.6 Å². The number of hydrogen-bond donors (Lipinski definition) is 3. The van der Waals surface area contributed by atoms with Gasteiger partial charge in [0.25, 0.3) is 5.91 Å². The summed E-state index contributed by atoms with van der Waals surface area (Å²) in [7, 11) is 1.64. The smallest absolute Gasteiger partial charge is 0.255 e. The lowest BCUT2D eigenvalue weighted by Gasteiger charge is -2.07. The van der Waals surface area contributed by atoms with Crippen molar-refractivity contribution >= 4 is 28.3 Å². The van der Waals surface area contributed by atoms with Gasteiger partial charge in [0.15, 0.2) is 0 Å². The molecule has 1 amide bonds. The van der Waals surface area contributed by atoms with Crippen molar-refractivity contribution in [3.8, 4) is 17.1 Å². The van der Waals surface area contributed by atoms with Gasteiger partial charge < -0.3 is 20.4 Å². The second kappa shape index (κ2) is 6.98. The summed E-state index contributed by atoms with van der Waals surface area (Å²) < 4.78 is 5.20. The molecule has 0 atom stereocenters. The second-order valence-corrected chi connectivity index (χ2v) is 7.05. The van der Waals surface area contributed by atoms with Gasteiger partial charge in [0.1, 0.15) is 11.6 Å². The molecule has 0 saturated carbocycles. The van der Waals surface area contributed by atoms with Crippen molar-refractivity contribution in [1.29, 1.82) is 0 Å². The zero-order chi connectivity index (χ0) is 19.8. The molecule has 0 saturated heterocycles. The Kier molecular flexibility index (Phi) is 4.17. The minimum absolute atomic E-state index is 0.117. The SMILES string of the molecule is COc1ccc(-c2nc3ccc(NC(=O)c4ccc5c(c4)CCN5)cc3[nH]2)cc1. The molecule has 1 aliphatic heterocycles. The fraction of sp³-hybridized carbons (Fsp3) is 0.130. The van der Waals surface area contributed by atoms with Gasteiger partial charge in [-0.3, -0.25) is 4.79 Å². The van der Waals surface area contributed by atoms with Crippen LogP contribution in [-0.4, -0.2) is 29.5 Å². The Morgan fingerprint density at radius 1 is 1.07 bits per heavy atom. The molecule has 5 rings (SSSR count). The van der Waals surface area contributed by atoms with Gasteiger partial charge in [0, 0.05) is 29.0 Å². The molecule has 6 nitrogen and oxygen atoms in total. The van der Waals surface area contributed by atoms with E-state index >= 15 is 0 Å². The predicted octanol–water partition coefficient (Wildman–Crippen LogP) is 4.46. The van der Waals surface area contributed by atoms with E-state index < -0.39 is 0 Å². The third-order valence-corrected chi connectivity index (χ3v) is 5.18. The van der Waals surface area contributed by atoms with E-state index in [1.165, 1.54) is 5.56 Å². The number of ether oxygens (including phenoxy) is 1. The highest BCUT2D eigenvalue weighted by atomic mass is 16.5. The van der Waals surface area contributed by atoms with Gasteiger partial charge in [-0.15, -0.1) is 0 Å². The summed E-state index contributed by atoms with van der Waals surface area (Å²) in [5.41, 5.74) is 6.38. The largest absolute Gasteiger partial charge is 0.497 e. The van der Waals surface area contributed by atoms with E-state index in [1.54, 1.807) is 7.11 Å². The first-order valence-electron chi connectivity index (χ1n) is 9.52. The summed E-state index contributed by atoms with van der Waals surface area (Å²) in [6.07, 6.45) is 0.949. The van der Waals surface area contributed by atoms with E-state index in [9.17, 15) is 4.79 Å². The van der Waals surface area contributed by atoms with Crippen LogP contribution in [0.25, 0.3) is 22.4 Å². The standard InChI is InChI=1S/C23H20N4O2/c1-29-18-6-2-14(3-7-18)22-26-20-9-5-17(13-21(20)27-22)25-23(28)16-4-8-19-15(12-16)10-11-24-19/h2-9,12-13,24H,10-11H2,1H3,(H,25,28)(H,26,27). The van der Waals surface area contributed by atoms with Crippen molar-refractivity contribution in [2.75, 3.05) is 24.3 Å². The highest BCUT2D eigenvalue weighted by Gasteiger charge is 2.14. The number of methoxy groups -OCH3 is 1. The number of carbonyl (C=O) groups excluding carboxylic acids is 1. The van der Waals surface area contributed by atoms with Gasteiger partial charge in [-0.2, -0.15) is 0 Å². The molecule has 2 heterocycles. The molecule has 0 unspecified atom stereocenters. The molecule has 6 heteroatoms. The van der Waals surface area contributed by atoms with E-state index in [0.29, 0.717) is 5.56 Å². The number of aromatic nitrogens is 2. The molecule has 0 spiro atoms. The molecule has 0 fully saturated rings. The lowest BCUT2D eigenvalue weighted by atomic mass is 10.1. The molecule has 144 valence electrons. The summed E-state index contributed by atoms with van der Waals surface area (Å²) in [6.45, 7) is 0.924. The molecule has 0 radical (unpaired) electrons. The number of nitrogens with one attached hydrogen (secondary N) is 3. The summed E-state index contributed by atoms with van der Waals surface area (Å²) in [5, 5.41) is 6.29. The number of anilines is 2. The average Bonchev–Trinajstić information content (AvgIpc) is 3.39. The Hall–Kier alpha value is -3.80. The van der Waals surface area contributed by atoms with Gasteiger partial charge in [0.2, 0.25) is 0 Å². The lowest BCUT2D eigenvalue weighted by Crippen LogP contribution is -2.12. The minimum atomic E-state index is -0.117. The molecule has 3 aromatic carbocycles.